The fraction of sp³-hybridized carbons (Fsp3) is 0.0968. The van der Waals surface area contributed by atoms with Crippen LogP contribution in [0.1, 0.15) is 15.9 Å². The van der Waals surface area contributed by atoms with Gasteiger partial charge in [0.2, 0.25) is 5.75 Å². The second-order valence-electron chi connectivity index (χ2n) is 8.87. The fourth-order valence-electron chi connectivity index (χ4n) is 4.29. The smallest absolute Gasteiger partial charge is 0.337 e. The average molecular weight is 520 g/mol. The lowest BCUT2D eigenvalue weighted by atomic mass is 10.1. The van der Waals surface area contributed by atoms with Crippen molar-refractivity contribution >= 4 is 45.1 Å². The number of fused-ring (bicyclic) bond motifs is 2. The van der Waals surface area contributed by atoms with Crippen LogP contribution >= 0.6 is 0 Å². The highest BCUT2D eigenvalue weighted by Crippen LogP contribution is 2.35. The molecule has 8 nitrogen and oxygen atoms in total. The Balaban J connectivity index is 1.44. The molecule has 0 radical (unpaired) electrons. The third-order valence-electron chi connectivity index (χ3n) is 6.27. The molecule has 4 aromatic carbocycles. The molecule has 0 aliphatic rings. The molecule has 0 bridgehead atoms. The molecule has 1 heterocycles. The Bertz CT molecular complexity index is 1700. The number of para-hydroxylation sites is 1. The van der Waals surface area contributed by atoms with Crippen LogP contribution in [-0.2, 0) is 4.74 Å². The molecule has 1 aromatic heterocycles. The Morgan fingerprint density at radius 1 is 0.974 bits per heavy atom. The van der Waals surface area contributed by atoms with Crippen molar-refractivity contribution in [3.8, 4) is 5.75 Å². The number of nitro benzene ring substituents is 1. The van der Waals surface area contributed by atoms with Crippen molar-refractivity contribution in [3.05, 3.63) is 124 Å². The van der Waals surface area contributed by atoms with Crippen LogP contribution in [0.3, 0.4) is 0 Å². The largest absolute Gasteiger partial charge is 0.482 e. The van der Waals surface area contributed by atoms with Crippen molar-refractivity contribution in [1.29, 1.82) is 0 Å². The van der Waals surface area contributed by atoms with Crippen molar-refractivity contribution in [2.75, 3.05) is 25.6 Å². The molecule has 8 heteroatoms. The van der Waals surface area contributed by atoms with Gasteiger partial charge in [0.15, 0.2) is 0 Å². The van der Waals surface area contributed by atoms with E-state index in [2.05, 4.69) is 10.3 Å². The molecule has 0 saturated carbocycles. The summed E-state index contributed by atoms with van der Waals surface area (Å²) < 4.78 is 10.9. The predicted octanol–water partition coefficient (Wildman–Crippen LogP) is 6.66. The van der Waals surface area contributed by atoms with E-state index in [0.29, 0.717) is 17.5 Å². The lowest BCUT2D eigenvalue weighted by Crippen LogP contribution is -2.12. The zero-order valence-electron chi connectivity index (χ0n) is 21.2. The standard InChI is InChI=1S/C31H25N3O5/c1-38-31(35)24-12-10-21(11-13-24)16-22(18-32-26-17-25-7-3-5-9-28(25)33-19-26)20-39-30-27-8-4-2-6-23(27)14-15-29(30)34(36)37/h2-17,19,32H,18,20H2,1H3/b22-16+. The normalized spacial score (nSPS) is 11.4. The number of esters is 1. The van der Waals surface area contributed by atoms with Gasteiger partial charge >= 0.3 is 11.7 Å². The monoisotopic (exact) mass is 519 g/mol. The van der Waals surface area contributed by atoms with E-state index < -0.39 is 10.9 Å². The summed E-state index contributed by atoms with van der Waals surface area (Å²) in [7, 11) is 1.34. The Morgan fingerprint density at radius 3 is 2.49 bits per heavy atom. The summed E-state index contributed by atoms with van der Waals surface area (Å²) in [5.74, 6) is -0.194. The molecule has 5 rings (SSSR count). The SMILES string of the molecule is COC(=O)c1ccc(/C=C(\CNc2cnc3ccccc3c2)COc2c([N+](=O)[O-])ccc3ccccc23)cc1. The van der Waals surface area contributed by atoms with Crippen LogP contribution in [0.2, 0.25) is 0 Å². The van der Waals surface area contributed by atoms with Gasteiger partial charge in [-0.3, -0.25) is 15.1 Å². The average Bonchev–Trinajstić information content (AvgIpc) is 2.98. The minimum Gasteiger partial charge on any atom is -0.482 e. The van der Waals surface area contributed by atoms with E-state index >= 15 is 0 Å². The highest BCUT2D eigenvalue weighted by atomic mass is 16.6. The zero-order valence-corrected chi connectivity index (χ0v) is 21.2. The van der Waals surface area contributed by atoms with Gasteiger partial charge in [0.1, 0.15) is 6.61 Å². The maximum Gasteiger partial charge on any atom is 0.337 e. The van der Waals surface area contributed by atoms with Crippen LogP contribution in [0.15, 0.2) is 103 Å². The van der Waals surface area contributed by atoms with Gasteiger partial charge in [-0.25, -0.2) is 4.79 Å². The number of anilines is 1. The summed E-state index contributed by atoms with van der Waals surface area (Å²) in [6.07, 6.45) is 3.70. The molecular formula is C31H25N3O5. The van der Waals surface area contributed by atoms with E-state index in [-0.39, 0.29) is 18.0 Å². The molecule has 39 heavy (non-hydrogen) atoms. The van der Waals surface area contributed by atoms with Gasteiger partial charge in [0.05, 0.1) is 35.0 Å². The minimum absolute atomic E-state index is 0.0952. The first-order valence-corrected chi connectivity index (χ1v) is 12.3. The summed E-state index contributed by atoms with van der Waals surface area (Å²) in [6, 6.07) is 27.4. The second-order valence-corrected chi connectivity index (χ2v) is 8.87. The van der Waals surface area contributed by atoms with Gasteiger partial charge in [-0.1, -0.05) is 60.7 Å². The molecule has 5 aromatic rings. The third-order valence-corrected chi connectivity index (χ3v) is 6.27. The van der Waals surface area contributed by atoms with Gasteiger partial charge in [-0.15, -0.1) is 0 Å². The fourth-order valence-corrected chi connectivity index (χ4v) is 4.29. The Hall–Kier alpha value is -5.24. The number of nitrogens with zero attached hydrogens (tertiary/aromatic N) is 2. The zero-order chi connectivity index (χ0) is 27.2. The van der Waals surface area contributed by atoms with Crippen molar-refractivity contribution in [1.82, 2.24) is 4.98 Å². The number of carbonyl (C=O) groups is 1. The van der Waals surface area contributed by atoms with Crippen molar-refractivity contribution in [2.24, 2.45) is 0 Å². The van der Waals surface area contributed by atoms with Crippen LogP contribution in [-0.4, -0.2) is 36.1 Å². The number of hydrogen-bond acceptors (Lipinski definition) is 7. The molecule has 194 valence electrons. The van der Waals surface area contributed by atoms with Crippen LogP contribution in [0.5, 0.6) is 5.75 Å². The maximum atomic E-state index is 11.8. The molecule has 1 N–H and O–H groups in total. The van der Waals surface area contributed by atoms with E-state index in [1.807, 2.05) is 72.8 Å². The minimum atomic E-state index is -0.435. The highest BCUT2D eigenvalue weighted by Gasteiger charge is 2.19. The summed E-state index contributed by atoms with van der Waals surface area (Å²) in [6.45, 7) is 0.499. The topological polar surface area (TPSA) is 104 Å². The van der Waals surface area contributed by atoms with E-state index in [9.17, 15) is 14.9 Å². The second kappa shape index (κ2) is 11.4. The number of nitro groups is 1. The molecule has 0 unspecified atom stereocenters. The third kappa shape index (κ3) is 5.86. The first-order valence-electron chi connectivity index (χ1n) is 12.3. The van der Waals surface area contributed by atoms with Crippen molar-refractivity contribution < 1.29 is 19.2 Å². The summed E-state index contributed by atoms with van der Waals surface area (Å²) in [4.78, 5) is 27.7. The first-order chi connectivity index (χ1) is 19.0. The van der Waals surface area contributed by atoms with E-state index in [4.69, 9.17) is 9.47 Å². The number of carbonyl (C=O) groups excluding carboxylic acids is 1. The number of rotatable bonds is 9. The Labute approximate surface area is 224 Å². The molecule has 0 aliphatic heterocycles. The summed E-state index contributed by atoms with van der Waals surface area (Å²) >= 11 is 0. The van der Waals surface area contributed by atoms with E-state index in [1.165, 1.54) is 13.2 Å². The van der Waals surface area contributed by atoms with Crippen LogP contribution in [0, 0.1) is 10.1 Å². The molecule has 0 fully saturated rings. The van der Waals surface area contributed by atoms with Gasteiger partial charge < -0.3 is 14.8 Å². The quantitative estimate of drug-likeness (QED) is 0.132. The van der Waals surface area contributed by atoms with Crippen LogP contribution in [0.4, 0.5) is 11.4 Å². The Morgan fingerprint density at radius 2 is 1.72 bits per heavy atom. The summed E-state index contributed by atoms with van der Waals surface area (Å²) in [5.41, 5.74) is 3.75. The van der Waals surface area contributed by atoms with Crippen molar-refractivity contribution in [3.63, 3.8) is 0 Å². The molecular weight excluding hydrogens is 494 g/mol. The molecule has 0 spiro atoms. The van der Waals surface area contributed by atoms with Gasteiger partial charge in [0, 0.05) is 23.4 Å². The number of nitrogens with one attached hydrogen (secondary N) is 1. The lowest BCUT2D eigenvalue weighted by Gasteiger charge is -2.14. The molecule has 0 aliphatic carbocycles. The molecule has 0 atom stereocenters. The molecule has 0 saturated heterocycles. The predicted molar refractivity (Wildman–Crippen MR) is 152 cm³/mol. The number of hydrogen-bond donors (Lipinski definition) is 1. The van der Waals surface area contributed by atoms with Gasteiger partial charge in [-0.05, 0) is 46.9 Å². The lowest BCUT2D eigenvalue weighted by molar-refractivity contribution is -0.385. The van der Waals surface area contributed by atoms with Gasteiger partial charge in [-0.2, -0.15) is 0 Å². The number of benzene rings is 4. The summed E-state index contributed by atoms with van der Waals surface area (Å²) in [5, 5.41) is 17.7. The number of pyridine rings is 1. The molecule has 0 amide bonds. The highest BCUT2D eigenvalue weighted by molar-refractivity contribution is 5.92. The first kappa shape index (κ1) is 25.4. The Kier molecular flexibility index (Phi) is 7.45. The van der Waals surface area contributed by atoms with Crippen molar-refractivity contribution in [2.45, 2.75) is 0 Å². The van der Waals surface area contributed by atoms with E-state index in [1.54, 1.807) is 24.4 Å². The maximum absolute atomic E-state index is 11.8. The van der Waals surface area contributed by atoms with Crippen LogP contribution < -0.4 is 10.1 Å². The van der Waals surface area contributed by atoms with Gasteiger partial charge in [0.25, 0.3) is 0 Å². The van der Waals surface area contributed by atoms with Crippen LogP contribution in [0.25, 0.3) is 27.8 Å². The number of methoxy groups -OCH3 is 1. The number of aromatic nitrogens is 1. The van der Waals surface area contributed by atoms with E-state index in [0.717, 1.165) is 33.1 Å². The number of ether oxygens (including phenoxy) is 2.